The van der Waals surface area contributed by atoms with Crippen molar-refractivity contribution in [2.45, 2.75) is 43.5 Å². The average molecular weight is 430 g/mol. The number of anilines is 1. The number of fused-ring (bicyclic) bond motifs is 1. The molecular weight excluding hydrogens is 402 g/mol. The summed E-state index contributed by atoms with van der Waals surface area (Å²) in [6.45, 7) is 3.63. The van der Waals surface area contributed by atoms with Crippen molar-refractivity contribution in [3.63, 3.8) is 0 Å². The largest absolute Gasteiger partial charge is 0.373 e. The summed E-state index contributed by atoms with van der Waals surface area (Å²) in [6, 6.07) is 8.52. The van der Waals surface area contributed by atoms with E-state index in [0.29, 0.717) is 31.0 Å². The Labute approximate surface area is 177 Å². The summed E-state index contributed by atoms with van der Waals surface area (Å²) in [5.74, 6) is 1.78. The first kappa shape index (κ1) is 20.7. The summed E-state index contributed by atoms with van der Waals surface area (Å²) < 4.78 is 27.6. The molecule has 4 rings (SSSR count). The monoisotopic (exact) mass is 429 g/mol. The third-order valence-electron chi connectivity index (χ3n) is 5.97. The molecular formula is C21H27N5O3S. The summed E-state index contributed by atoms with van der Waals surface area (Å²) in [4.78, 5) is 23.3. The van der Waals surface area contributed by atoms with Crippen LogP contribution in [0.25, 0.3) is 0 Å². The van der Waals surface area contributed by atoms with Gasteiger partial charge in [-0.25, -0.2) is 18.4 Å². The second-order valence-electron chi connectivity index (χ2n) is 7.79. The summed E-state index contributed by atoms with van der Waals surface area (Å²) in [7, 11) is -1.74. The molecule has 1 amide bonds. The summed E-state index contributed by atoms with van der Waals surface area (Å²) in [5.41, 5.74) is 1.76. The van der Waals surface area contributed by atoms with E-state index in [1.165, 1.54) is 4.31 Å². The standard InChI is InChI=1S/C21H27N5O3S/c1-15(27)25-11-8-16(9-12-25)20-23-19-14-26(13-10-18(19)21(22-2)24-20)30(28,29)17-6-4-3-5-7-17/h3-7,16H,8-14H2,1-2H3,(H,22,23,24). The molecule has 8 nitrogen and oxygen atoms in total. The number of hydrogen-bond acceptors (Lipinski definition) is 6. The molecule has 3 heterocycles. The molecule has 1 aromatic heterocycles. The third-order valence-corrected chi connectivity index (χ3v) is 7.83. The molecule has 160 valence electrons. The third kappa shape index (κ3) is 3.91. The highest BCUT2D eigenvalue weighted by Gasteiger charge is 2.32. The summed E-state index contributed by atoms with van der Waals surface area (Å²) >= 11 is 0. The number of nitrogens with one attached hydrogen (secondary N) is 1. The lowest BCUT2D eigenvalue weighted by Gasteiger charge is -2.32. The lowest BCUT2D eigenvalue weighted by atomic mass is 9.95. The number of aromatic nitrogens is 2. The van der Waals surface area contributed by atoms with Gasteiger partial charge in [0.25, 0.3) is 0 Å². The smallest absolute Gasteiger partial charge is 0.243 e. The minimum absolute atomic E-state index is 0.0949. The predicted octanol–water partition coefficient (Wildman–Crippen LogP) is 1.99. The number of carbonyl (C=O) groups excluding carboxylic acids is 1. The Hall–Kier alpha value is -2.52. The highest BCUT2D eigenvalue weighted by molar-refractivity contribution is 7.89. The van der Waals surface area contributed by atoms with Gasteiger partial charge in [0.05, 0.1) is 17.1 Å². The topological polar surface area (TPSA) is 95.5 Å². The highest BCUT2D eigenvalue weighted by Crippen LogP contribution is 2.32. The van der Waals surface area contributed by atoms with Crippen LogP contribution in [-0.2, 0) is 27.8 Å². The fourth-order valence-electron chi connectivity index (χ4n) is 4.21. The molecule has 1 fully saturated rings. The zero-order valence-corrected chi connectivity index (χ0v) is 18.2. The number of sulfonamides is 1. The van der Waals surface area contributed by atoms with E-state index in [1.807, 2.05) is 11.9 Å². The van der Waals surface area contributed by atoms with Gasteiger partial charge in [-0.15, -0.1) is 0 Å². The zero-order chi connectivity index (χ0) is 21.3. The molecule has 0 unspecified atom stereocenters. The van der Waals surface area contributed by atoms with Crippen LogP contribution in [0.5, 0.6) is 0 Å². The van der Waals surface area contributed by atoms with Gasteiger partial charge < -0.3 is 10.2 Å². The molecule has 0 atom stereocenters. The fraction of sp³-hybridized carbons (Fsp3) is 0.476. The molecule has 1 N–H and O–H groups in total. The van der Waals surface area contributed by atoms with Crippen LogP contribution in [0.4, 0.5) is 5.82 Å². The van der Waals surface area contributed by atoms with Crippen LogP contribution in [0.2, 0.25) is 0 Å². The lowest BCUT2D eigenvalue weighted by molar-refractivity contribution is -0.129. The van der Waals surface area contributed by atoms with Crippen LogP contribution < -0.4 is 5.32 Å². The first-order valence-electron chi connectivity index (χ1n) is 10.3. The quantitative estimate of drug-likeness (QED) is 0.799. The van der Waals surface area contributed by atoms with Crippen LogP contribution in [0.15, 0.2) is 35.2 Å². The van der Waals surface area contributed by atoms with Crippen molar-refractivity contribution in [3.05, 3.63) is 47.4 Å². The molecule has 0 spiro atoms. The van der Waals surface area contributed by atoms with Gasteiger partial charge in [-0.05, 0) is 31.4 Å². The Kier molecular flexibility index (Phi) is 5.75. The molecule has 9 heteroatoms. The Morgan fingerprint density at radius 3 is 2.43 bits per heavy atom. The normalized spacial score (nSPS) is 18.1. The number of benzene rings is 1. The van der Waals surface area contributed by atoms with E-state index in [2.05, 4.69) is 5.32 Å². The number of piperidine rings is 1. The molecule has 2 aromatic rings. The zero-order valence-electron chi connectivity index (χ0n) is 17.3. The van der Waals surface area contributed by atoms with Crippen molar-refractivity contribution in [1.29, 1.82) is 0 Å². The first-order chi connectivity index (χ1) is 14.4. The SMILES string of the molecule is CNc1nc(C2CCN(C(C)=O)CC2)nc2c1CCN(S(=O)(=O)c1ccccc1)C2. The number of likely N-dealkylation sites (tertiary alicyclic amines) is 1. The molecule has 1 aromatic carbocycles. The van der Waals surface area contributed by atoms with Crippen molar-refractivity contribution in [2.24, 2.45) is 0 Å². The van der Waals surface area contributed by atoms with E-state index in [0.717, 1.165) is 35.7 Å². The second kappa shape index (κ2) is 8.31. The van der Waals surface area contributed by atoms with Gasteiger partial charge >= 0.3 is 0 Å². The average Bonchev–Trinajstić information content (AvgIpc) is 2.78. The number of carbonyl (C=O) groups is 1. The molecule has 2 aliphatic heterocycles. The maximum Gasteiger partial charge on any atom is 0.243 e. The van der Waals surface area contributed by atoms with Crippen molar-refractivity contribution in [2.75, 3.05) is 32.0 Å². The van der Waals surface area contributed by atoms with E-state index >= 15 is 0 Å². The highest BCUT2D eigenvalue weighted by atomic mass is 32.2. The fourth-order valence-corrected chi connectivity index (χ4v) is 5.64. The number of rotatable bonds is 4. The lowest BCUT2D eigenvalue weighted by Crippen LogP contribution is -2.38. The van der Waals surface area contributed by atoms with Crippen LogP contribution in [0.1, 0.15) is 42.8 Å². The maximum absolute atomic E-state index is 13.1. The molecule has 0 radical (unpaired) electrons. The Morgan fingerprint density at radius 1 is 1.10 bits per heavy atom. The van der Waals surface area contributed by atoms with E-state index < -0.39 is 10.0 Å². The second-order valence-corrected chi connectivity index (χ2v) is 9.73. The summed E-state index contributed by atoms with van der Waals surface area (Å²) in [5, 5.41) is 3.16. The summed E-state index contributed by atoms with van der Waals surface area (Å²) in [6.07, 6.45) is 2.20. The minimum Gasteiger partial charge on any atom is -0.373 e. The van der Waals surface area contributed by atoms with Crippen LogP contribution in [0, 0.1) is 0 Å². The maximum atomic E-state index is 13.1. The van der Waals surface area contributed by atoms with Gasteiger partial charge in [-0.1, -0.05) is 18.2 Å². The van der Waals surface area contributed by atoms with Gasteiger partial charge in [-0.3, -0.25) is 4.79 Å². The van der Waals surface area contributed by atoms with Gasteiger partial charge in [0.15, 0.2) is 0 Å². The van der Waals surface area contributed by atoms with E-state index in [4.69, 9.17) is 9.97 Å². The van der Waals surface area contributed by atoms with Crippen molar-refractivity contribution in [1.82, 2.24) is 19.2 Å². The first-order valence-corrected chi connectivity index (χ1v) is 11.7. The Bertz CT molecular complexity index is 1030. The minimum atomic E-state index is -3.57. The number of nitrogens with zero attached hydrogens (tertiary/aromatic N) is 4. The van der Waals surface area contributed by atoms with Gasteiger partial charge in [0, 0.05) is 45.1 Å². The van der Waals surface area contributed by atoms with E-state index in [1.54, 1.807) is 37.3 Å². The Morgan fingerprint density at radius 2 is 1.80 bits per heavy atom. The molecule has 0 saturated carbocycles. The molecule has 2 aliphatic rings. The molecule has 0 aliphatic carbocycles. The Balaban J connectivity index is 1.61. The predicted molar refractivity (Wildman–Crippen MR) is 114 cm³/mol. The van der Waals surface area contributed by atoms with Gasteiger partial charge in [0.1, 0.15) is 11.6 Å². The van der Waals surface area contributed by atoms with E-state index in [-0.39, 0.29) is 18.4 Å². The molecule has 0 bridgehead atoms. The molecule has 30 heavy (non-hydrogen) atoms. The van der Waals surface area contributed by atoms with Crippen molar-refractivity contribution < 1.29 is 13.2 Å². The molecule has 1 saturated heterocycles. The van der Waals surface area contributed by atoms with Crippen LogP contribution >= 0.6 is 0 Å². The van der Waals surface area contributed by atoms with Crippen LogP contribution in [-0.4, -0.2) is 60.2 Å². The van der Waals surface area contributed by atoms with Gasteiger partial charge in [0.2, 0.25) is 15.9 Å². The van der Waals surface area contributed by atoms with Crippen molar-refractivity contribution in [3.8, 4) is 0 Å². The van der Waals surface area contributed by atoms with Gasteiger partial charge in [-0.2, -0.15) is 4.31 Å². The number of hydrogen-bond donors (Lipinski definition) is 1. The van der Waals surface area contributed by atoms with Crippen LogP contribution in [0.3, 0.4) is 0 Å². The number of amides is 1. The van der Waals surface area contributed by atoms with Crippen molar-refractivity contribution >= 4 is 21.7 Å². The van der Waals surface area contributed by atoms with E-state index in [9.17, 15) is 13.2 Å².